The van der Waals surface area contributed by atoms with E-state index in [0.29, 0.717) is 24.7 Å². The van der Waals surface area contributed by atoms with Crippen molar-refractivity contribution in [2.24, 2.45) is 5.92 Å². The Hall–Kier alpha value is -2.70. The summed E-state index contributed by atoms with van der Waals surface area (Å²) in [6, 6.07) is 9.51. The molecule has 1 aliphatic rings. The minimum absolute atomic E-state index is 0.0843. The highest BCUT2D eigenvalue weighted by molar-refractivity contribution is 5.79. The standard InChI is InChI=1S/C19H23N3O4/c1-12(2)18-20-16(26-21-18)8-9-17(23)22-10-14(15(11-22)19(24)25)13-6-4-3-5-7-13/h3-7,12,14-15H,8-11H2,1-2H3,(H,24,25)/t14-,15-/m0/s1. The number of nitrogens with zero attached hydrogens (tertiary/aromatic N) is 3. The Bertz CT molecular complexity index is 772. The predicted octanol–water partition coefficient (Wildman–Crippen LogP) is 2.45. The molecule has 1 aromatic carbocycles. The van der Waals surface area contributed by atoms with Crippen LogP contribution in [0.3, 0.4) is 0 Å². The molecule has 1 aromatic heterocycles. The number of aryl methyl sites for hydroxylation is 1. The highest BCUT2D eigenvalue weighted by Gasteiger charge is 2.40. The number of amides is 1. The van der Waals surface area contributed by atoms with Gasteiger partial charge in [-0.05, 0) is 5.56 Å². The summed E-state index contributed by atoms with van der Waals surface area (Å²) in [5, 5.41) is 13.4. The first-order chi connectivity index (χ1) is 12.5. The lowest BCUT2D eigenvalue weighted by Crippen LogP contribution is -2.30. The van der Waals surface area contributed by atoms with Crippen LogP contribution in [0.2, 0.25) is 0 Å². The highest BCUT2D eigenvalue weighted by Crippen LogP contribution is 2.33. The average molecular weight is 357 g/mol. The number of benzene rings is 1. The Balaban J connectivity index is 1.63. The van der Waals surface area contributed by atoms with E-state index in [9.17, 15) is 14.7 Å². The van der Waals surface area contributed by atoms with Crippen LogP contribution in [-0.2, 0) is 16.0 Å². The van der Waals surface area contributed by atoms with E-state index in [1.54, 1.807) is 4.90 Å². The molecule has 7 heteroatoms. The summed E-state index contributed by atoms with van der Waals surface area (Å²) < 4.78 is 5.16. The van der Waals surface area contributed by atoms with Gasteiger partial charge in [0.05, 0.1) is 5.92 Å². The summed E-state index contributed by atoms with van der Waals surface area (Å²) in [7, 11) is 0. The van der Waals surface area contributed by atoms with Crippen molar-refractivity contribution in [1.29, 1.82) is 0 Å². The largest absolute Gasteiger partial charge is 0.481 e. The molecule has 0 bridgehead atoms. The molecule has 26 heavy (non-hydrogen) atoms. The van der Waals surface area contributed by atoms with Gasteiger partial charge in [0.2, 0.25) is 11.8 Å². The second kappa shape index (κ2) is 7.68. The molecule has 138 valence electrons. The normalized spacial score (nSPS) is 19.9. The maximum absolute atomic E-state index is 12.5. The van der Waals surface area contributed by atoms with Gasteiger partial charge in [-0.1, -0.05) is 49.3 Å². The molecule has 0 unspecified atom stereocenters. The van der Waals surface area contributed by atoms with Gasteiger partial charge in [0.15, 0.2) is 5.82 Å². The van der Waals surface area contributed by atoms with Crippen molar-refractivity contribution in [1.82, 2.24) is 15.0 Å². The van der Waals surface area contributed by atoms with Gasteiger partial charge in [-0.2, -0.15) is 4.98 Å². The van der Waals surface area contributed by atoms with Crippen LogP contribution in [0, 0.1) is 5.92 Å². The van der Waals surface area contributed by atoms with Gasteiger partial charge in [-0.15, -0.1) is 0 Å². The molecule has 0 spiro atoms. The number of carbonyl (C=O) groups excluding carboxylic acids is 1. The zero-order valence-electron chi connectivity index (χ0n) is 15.0. The van der Waals surface area contributed by atoms with E-state index in [0.717, 1.165) is 5.56 Å². The lowest BCUT2D eigenvalue weighted by molar-refractivity contribution is -0.141. The molecular weight excluding hydrogens is 334 g/mol. The fourth-order valence-electron chi connectivity index (χ4n) is 3.27. The van der Waals surface area contributed by atoms with Gasteiger partial charge in [0, 0.05) is 37.8 Å². The van der Waals surface area contributed by atoms with Crippen molar-refractivity contribution in [2.75, 3.05) is 13.1 Å². The zero-order chi connectivity index (χ0) is 18.7. The number of hydrogen-bond donors (Lipinski definition) is 1. The van der Waals surface area contributed by atoms with E-state index < -0.39 is 11.9 Å². The molecule has 1 fully saturated rings. The van der Waals surface area contributed by atoms with Crippen LogP contribution < -0.4 is 0 Å². The second-order valence-corrected chi connectivity index (χ2v) is 6.96. The van der Waals surface area contributed by atoms with Crippen molar-refractivity contribution in [3.05, 3.63) is 47.6 Å². The molecule has 0 saturated carbocycles. The summed E-state index contributed by atoms with van der Waals surface area (Å²) in [6.07, 6.45) is 0.594. The Labute approximate surface area is 152 Å². The summed E-state index contributed by atoms with van der Waals surface area (Å²) in [6.45, 7) is 4.59. The van der Waals surface area contributed by atoms with Crippen LogP contribution in [-0.4, -0.2) is 45.1 Å². The Kier molecular flexibility index (Phi) is 5.35. The molecule has 1 N–H and O–H groups in total. The maximum Gasteiger partial charge on any atom is 0.308 e. The summed E-state index contributed by atoms with van der Waals surface area (Å²) >= 11 is 0. The van der Waals surface area contributed by atoms with Crippen LogP contribution in [0.25, 0.3) is 0 Å². The van der Waals surface area contributed by atoms with E-state index in [-0.39, 0.29) is 30.7 Å². The van der Waals surface area contributed by atoms with Gasteiger partial charge in [-0.3, -0.25) is 9.59 Å². The van der Waals surface area contributed by atoms with E-state index in [2.05, 4.69) is 10.1 Å². The summed E-state index contributed by atoms with van der Waals surface area (Å²) in [5.74, 6) is -0.485. The van der Waals surface area contributed by atoms with Gasteiger partial charge in [0.1, 0.15) is 0 Å². The topological polar surface area (TPSA) is 96.5 Å². The lowest BCUT2D eigenvalue weighted by atomic mass is 9.89. The van der Waals surface area contributed by atoms with Crippen molar-refractivity contribution in [3.63, 3.8) is 0 Å². The SMILES string of the molecule is CC(C)c1noc(CCC(=O)N2C[C@H](C(=O)O)[C@H](c3ccccc3)C2)n1. The van der Waals surface area contributed by atoms with Gasteiger partial charge < -0.3 is 14.5 Å². The predicted molar refractivity (Wildman–Crippen MR) is 93.6 cm³/mol. The molecule has 2 atom stereocenters. The van der Waals surface area contributed by atoms with E-state index >= 15 is 0 Å². The third-order valence-electron chi connectivity index (χ3n) is 4.77. The Morgan fingerprint density at radius 1 is 1.27 bits per heavy atom. The van der Waals surface area contributed by atoms with Gasteiger partial charge >= 0.3 is 5.97 Å². The number of carbonyl (C=O) groups is 2. The van der Waals surface area contributed by atoms with E-state index in [1.807, 2.05) is 44.2 Å². The number of hydrogen-bond acceptors (Lipinski definition) is 5. The van der Waals surface area contributed by atoms with Crippen LogP contribution in [0.5, 0.6) is 0 Å². The van der Waals surface area contributed by atoms with Crippen LogP contribution >= 0.6 is 0 Å². The molecule has 1 aliphatic heterocycles. The number of likely N-dealkylation sites (tertiary alicyclic amines) is 1. The van der Waals surface area contributed by atoms with Crippen LogP contribution in [0.1, 0.15) is 49.4 Å². The highest BCUT2D eigenvalue weighted by atomic mass is 16.5. The number of rotatable bonds is 6. The lowest BCUT2D eigenvalue weighted by Gasteiger charge is -2.16. The number of carboxylic acid groups (broad SMARTS) is 1. The smallest absolute Gasteiger partial charge is 0.308 e. The maximum atomic E-state index is 12.5. The first-order valence-electron chi connectivity index (χ1n) is 8.83. The number of aliphatic carboxylic acids is 1. The van der Waals surface area contributed by atoms with Gasteiger partial charge in [0.25, 0.3) is 0 Å². The third-order valence-corrected chi connectivity index (χ3v) is 4.77. The Morgan fingerprint density at radius 2 is 2.00 bits per heavy atom. The first-order valence-corrected chi connectivity index (χ1v) is 8.83. The molecular formula is C19H23N3O4. The fourth-order valence-corrected chi connectivity index (χ4v) is 3.27. The zero-order valence-corrected chi connectivity index (χ0v) is 15.0. The first kappa shape index (κ1) is 18.1. The molecule has 1 saturated heterocycles. The molecule has 0 radical (unpaired) electrons. The third kappa shape index (κ3) is 3.92. The molecule has 2 aromatic rings. The molecule has 1 amide bonds. The Morgan fingerprint density at radius 3 is 2.62 bits per heavy atom. The van der Waals surface area contributed by atoms with Crippen LogP contribution in [0.4, 0.5) is 0 Å². The van der Waals surface area contributed by atoms with Crippen molar-refractivity contribution < 1.29 is 19.2 Å². The van der Waals surface area contributed by atoms with Crippen LogP contribution in [0.15, 0.2) is 34.9 Å². The average Bonchev–Trinajstić information content (AvgIpc) is 3.28. The van der Waals surface area contributed by atoms with Crippen molar-refractivity contribution in [2.45, 2.75) is 38.5 Å². The summed E-state index contributed by atoms with van der Waals surface area (Å²) in [4.78, 5) is 30.1. The van der Waals surface area contributed by atoms with Gasteiger partial charge in [-0.25, -0.2) is 0 Å². The van der Waals surface area contributed by atoms with E-state index in [1.165, 1.54) is 0 Å². The van der Waals surface area contributed by atoms with Crippen molar-refractivity contribution >= 4 is 11.9 Å². The molecule has 3 rings (SSSR count). The molecule has 7 nitrogen and oxygen atoms in total. The second-order valence-electron chi connectivity index (χ2n) is 6.96. The van der Waals surface area contributed by atoms with Crippen molar-refractivity contribution in [3.8, 4) is 0 Å². The van der Waals surface area contributed by atoms with E-state index in [4.69, 9.17) is 4.52 Å². The fraction of sp³-hybridized carbons (Fsp3) is 0.474. The quantitative estimate of drug-likeness (QED) is 0.853. The summed E-state index contributed by atoms with van der Waals surface area (Å²) in [5.41, 5.74) is 0.952. The molecule has 2 heterocycles. The molecule has 0 aliphatic carbocycles. The minimum atomic E-state index is -0.868. The number of carboxylic acids is 1. The minimum Gasteiger partial charge on any atom is -0.481 e. The number of aromatic nitrogens is 2. The monoisotopic (exact) mass is 357 g/mol.